The third kappa shape index (κ3) is 2.43. The van der Waals surface area contributed by atoms with E-state index in [2.05, 4.69) is 9.97 Å². The summed E-state index contributed by atoms with van der Waals surface area (Å²) in [5, 5.41) is 9.20. The molecule has 0 aromatic carbocycles. The molecule has 1 unspecified atom stereocenters. The van der Waals surface area contributed by atoms with Crippen molar-refractivity contribution in [2.24, 2.45) is 0 Å². The maximum absolute atomic E-state index is 13.0. The Labute approximate surface area is 116 Å². The highest BCUT2D eigenvalue weighted by Crippen LogP contribution is 2.34. The van der Waals surface area contributed by atoms with Gasteiger partial charge < -0.3 is 5.11 Å². The number of alkyl halides is 3. The topological polar surface area (TPSA) is 68.0 Å². The van der Waals surface area contributed by atoms with Gasteiger partial charge in [0.05, 0.1) is 5.02 Å². The lowest BCUT2D eigenvalue weighted by molar-refractivity contribution is -0.151. The Morgan fingerprint density at radius 1 is 1.55 bits per heavy atom. The van der Waals surface area contributed by atoms with E-state index in [0.29, 0.717) is 4.57 Å². The normalized spacial score (nSPS) is 13.7. The highest BCUT2D eigenvalue weighted by atomic mass is 35.5. The molecule has 1 atom stereocenters. The van der Waals surface area contributed by atoms with Gasteiger partial charge in [-0.15, -0.1) is 0 Å². The minimum absolute atomic E-state index is 0.0336. The molecule has 2 heterocycles. The van der Waals surface area contributed by atoms with Gasteiger partial charge in [0.2, 0.25) is 5.82 Å². The molecule has 0 aliphatic rings. The van der Waals surface area contributed by atoms with Crippen LogP contribution in [0, 0.1) is 0 Å². The van der Waals surface area contributed by atoms with Crippen LogP contribution in [-0.4, -0.2) is 25.6 Å². The van der Waals surface area contributed by atoms with Crippen LogP contribution in [0.25, 0.3) is 11.2 Å². The molecule has 9 heteroatoms. The molecule has 2 aromatic rings. The van der Waals surface area contributed by atoms with Crippen LogP contribution >= 0.6 is 11.6 Å². The molecule has 0 radical (unpaired) electrons. The van der Waals surface area contributed by atoms with Crippen LogP contribution in [0.1, 0.15) is 25.2 Å². The Balaban J connectivity index is 2.80. The van der Waals surface area contributed by atoms with Crippen molar-refractivity contribution in [1.29, 1.82) is 0 Å². The SMILES string of the molecule is CCC(C(=O)O)n1c(C(F)(F)F)nc2cc(Cl)cnc21. The number of aromatic nitrogens is 3. The van der Waals surface area contributed by atoms with Gasteiger partial charge in [-0.05, 0) is 12.5 Å². The summed E-state index contributed by atoms with van der Waals surface area (Å²) in [7, 11) is 0. The molecule has 1 N–H and O–H groups in total. The predicted molar refractivity (Wildman–Crippen MR) is 64.5 cm³/mol. The molecule has 2 rings (SSSR count). The Hall–Kier alpha value is -1.83. The third-order valence-corrected chi connectivity index (χ3v) is 2.94. The number of halogens is 4. The average Bonchev–Trinajstić information content (AvgIpc) is 2.68. The van der Waals surface area contributed by atoms with E-state index in [1.54, 1.807) is 0 Å². The van der Waals surface area contributed by atoms with Gasteiger partial charge in [0.15, 0.2) is 5.65 Å². The predicted octanol–water partition coefficient (Wildman–Crippen LogP) is 3.14. The van der Waals surface area contributed by atoms with E-state index in [1.165, 1.54) is 13.0 Å². The maximum Gasteiger partial charge on any atom is 0.449 e. The first-order chi connectivity index (χ1) is 9.25. The number of nitrogens with zero attached hydrogens (tertiary/aromatic N) is 3. The van der Waals surface area contributed by atoms with Gasteiger partial charge in [0.1, 0.15) is 11.6 Å². The van der Waals surface area contributed by atoms with E-state index in [1.807, 2.05) is 0 Å². The van der Waals surface area contributed by atoms with Crippen molar-refractivity contribution in [3.05, 3.63) is 23.1 Å². The Morgan fingerprint density at radius 2 is 2.20 bits per heavy atom. The lowest BCUT2D eigenvalue weighted by Crippen LogP contribution is -2.24. The van der Waals surface area contributed by atoms with Gasteiger partial charge in [-0.3, -0.25) is 4.57 Å². The summed E-state index contributed by atoms with van der Waals surface area (Å²) >= 11 is 5.66. The number of carboxylic acid groups (broad SMARTS) is 1. The number of pyridine rings is 1. The molecule has 0 spiro atoms. The second-order valence-electron chi connectivity index (χ2n) is 4.06. The van der Waals surface area contributed by atoms with Gasteiger partial charge >= 0.3 is 12.1 Å². The fourth-order valence-electron chi connectivity index (χ4n) is 1.92. The zero-order chi connectivity index (χ0) is 15.1. The molecule has 0 bridgehead atoms. The summed E-state index contributed by atoms with van der Waals surface area (Å²) in [4.78, 5) is 18.3. The Kier molecular flexibility index (Phi) is 3.59. The first-order valence-electron chi connectivity index (χ1n) is 5.59. The van der Waals surface area contributed by atoms with Crippen molar-refractivity contribution >= 4 is 28.7 Å². The lowest BCUT2D eigenvalue weighted by Gasteiger charge is -2.16. The summed E-state index contributed by atoms with van der Waals surface area (Å²) in [6.45, 7) is 1.47. The number of hydrogen-bond donors (Lipinski definition) is 1. The summed E-state index contributed by atoms with van der Waals surface area (Å²) in [6.07, 6.45) is -3.67. The van der Waals surface area contributed by atoms with Crippen molar-refractivity contribution in [3.8, 4) is 0 Å². The second-order valence-corrected chi connectivity index (χ2v) is 4.50. The zero-order valence-electron chi connectivity index (χ0n) is 10.1. The van der Waals surface area contributed by atoms with E-state index >= 15 is 0 Å². The van der Waals surface area contributed by atoms with Gasteiger partial charge in [-0.25, -0.2) is 14.8 Å². The molecule has 0 fully saturated rings. The van der Waals surface area contributed by atoms with Crippen LogP contribution in [0.4, 0.5) is 13.2 Å². The quantitative estimate of drug-likeness (QED) is 0.946. The van der Waals surface area contributed by atoms with Crippen molar-refractivity contribution in [2.75, 3.05) is 0 Å². The average molecular weight is 308 g/mol. The molecular formula is C11H9ClF3N3O2. The Morgan fingerprint density at radius 3 is 2.70 bits per heavy atom. The first-order valence-corrected chi connectivity index (χ1v) is 5.97. The van der Waals surface area contributed by atoms with Gasteiger partial charge in [-0.2, -0.15) is 13.2 Å². The maximum atomic E-state index is 13.0. The summed E-state index contributed by atoms with van der Waals surface area (Å²) in [5.41, 5.74) is -0.250. The Bertz CT molecular complexity index is 669. The number of rotatable bonds is 3. The molecule has 2 aromatic heterocycles. The van der Waals surface area contributed by atoms with E-state index in [0.717, 1.165) is 6.20 Å². The zero-order valence-corrected chi connectivity index (χ0v) is 10.9. The second kappa shape index (κ2) is 4.93. The van der Waals surface area contributed by atoms with E-state index < -0.39 is 24.0 Å². The largest absolute Gasteiger partial charge is 0.480 e. The number of fused-ring (bicyclic) bond motifs is 1. The van der Waals surface area contributed by atoms with Crippen molar-refractivity contribution < 1.29 is 23.1 Å². The van der Waals surface area contributed by atoms with Crippen LogP contribution < -0.4 is 0 Å². The molecule has 5 nitrogen and oxygen atoms in total. The number of aliphatic carboxylic acids is 1. The van der Waals surface area contributed by atoms with E-state index in [9.17, 15) is 18.0 Å². The molecule has 0 aliphatic heterocycles. The molecule has 0 aliphatic carbocycles. The van der Waals surface area contributed by atoms with Gasteiger partial charge in [0, 0.05) is 6.20 Å². The minimum atomic E-state index is -4.78. The van der Waals surface area contributed by atoms with Crippen LogP contribution in [0.3, 0.4) is 0 Å². The minimum Gasteiger partial charge on any atom is -0.480 e. The highest BCUT2D eigenvalue weighted by molar-refractivity contribution is 6.31. The first kappa shape index (κ1) is 14.6. The highest BCUT2D eigenvalue weighted by Gasteiger charge is 2.40. The van der Waals surface area contributed by atoms with Crippen LogP contribution in [0.5, 0.6) is 0 Å². The van der Waals surface area contributed by atoms with Gasteiger partial charge in [0.25, 0.3) is 0 Å². The van der Waals surface area contributed by atoms with Crippen molar-refractivity contribution in [2.45, 2.75) is 25.6 Å². The smallest absolute Gasteiger partial charge is 0.449 e. The van der Waals surface area contributed by atoms with Crippen LogP contribution in [0.2, 0.25) is 5.02 Å². The fraction of sp³-hybridized carbons (Fsp3) is 0.364. The molecule has 20 heavy (non-hydrogen) atoms. The van der Waals surface area contributed by atoms with Crippen LogP contribution in [0.15, 0.2) is 12.3 Å². The molecule has 108 valence electrons. The van der Waals surface area contributed by atoms with E-state index in [-0.39, 0.29) is 22.6 Å². The molecule has 0 saturated carbocycles. The molecule has 0 saturated heterocycles. The van der Waals surface area contributed by atoms with Gasteiger partial charge in [-0.1, -0.05) is 18.5 Å². The van der Waals surface area contributed by atoms with Crippen molar-refractivity contribution in [3.63, 3.8) is 0 Å². The fourth-order valence-corrected chi connectivity index (χ4v) is 2.07. The number of imidazole rings is 1. The number of carboxylic acids is 1. The van der Waals surface area contributed by atoms with Crippen molar-refractivity contribution in [1.82, 2.24) is 14.5 Å². The summed E-state index contributed by atoms with van der Waals surface area (Å²) in [6, 6.07) is -0.185. The molecular weight excluding hydrogens is 299 g/mol. The lowest BCUT2D eigenvalue weighted by atomic mass is 10.2. The summed E-state index contributed by atoms with van der Waals surface area (Å²) < 4.78 is 39.6. The monoisotopic (exact) mass is 307 g/mol. The third-order valence-electron chi connectivity index (χ3n) is 2.73. The number of hydrogen-bond acceptors (Lipinski definition) is 3. The van der Waals surface area contributed by atoms with E-state index in [4.69, 9.17) is 16.7 Å². The standard InChI is InChI=1S/C11H9ClF3N3O2/c1-2-7(9(19)20)18-8-6(3-5(12)4-16-8)17-10(18)11(13,14)15/h3-4,7H,2H2,1H3,(H,19,20). The summed E-state index contributed by atoms with van der Waals surface area (Å²) in [5.74, 6) is -2.68. The molecule has 0 amide bonds. The van der Waals surface area contributed by atoms with Crippen LogP contribution in [-0.2, 0) is 11.0 Å². The number of carbonyl (C=O) groups is 1.